The van der Waals surface area contributed by atoms with E-state index in [1.165, 1.54) is 30.7 Å². The summed E-state index contributed by atoms with van der Waals surface area (Å²) < 4.78 is 2.07. The highest BCUT2D eigenvalue weighted by Gasteiger charge is 2.32. The smallest absolute Gasteiger partial charge is 0.0624 e. The second kappa shape index (κ2) is 5.66. The van der Waals surface area contributed by atoms with Gasteiger partial charge in [0.25, 0.3) is 0 Å². The molecule has 1 aromatic heterocycles. The first-order chi connectivity index (χ1) is 8.89. The van der Waals surface area contributed by atoms with E-state index < -0.39 is 0 Å². The molecule has 1 N–H and O–H groups in total. The highest BCUT2D eigenvalue weighted by atomic mass is 15.3. The van der Waals surface area contributed by atoms with E-state index in [1.807, 2.05) is 0 Å². The molecule has 0 saturated heterocycles. The largest absolute Gasteiger partial charge is 0.312 e. The van der Waals surface area contributed by atoms with Crippen molar-refractivity contribution >= 4 is 0 Å². The summed E-state index contributed by atoms with van der Waals surface area (Å²) in [4.78, 5) is 0. The van der Waals surface area contributed by atoms with Crippen LogP contribution in [0.25, 0.3) is 0 Å². The summed E-state index contributed by atoms with van der Waals surface area (Å²) in [5, 5.41) is 8.20. The summed E-state index contributed by atoms with van der Waals surface area (Å²) in [6.07, 6.45) is 4.99. The number of rotatable bonds is 5. The van der Waals surface area contributed by atoms with E-state index in [2.05, 4.69) is 55.9 Å². The van der Waals surface area contributed by atoms with Crippen LogP contribution in [0.2, 0.25) is 0 Å². The van der Waals surface area contributed by atoms with Crippen LogP contribution in [-0.4, -0.2) is 21.9 Å². The van der Waals surface area contributed by atoms with Crippen molar-refractivity contribution in [2.24, 2.45) is 18.9 Å². The van der Waals surface area contributed by atoms with E-state index in [0.29, 0.717) is 0 Å². The highest BCUT2D eigenvalue weighted by Crippen LogP contribution is 2.36. The molecule has 108 valence electrons. The summed E-state index contributed by atoms with van der Waals surface area (Å²) in [6, 6.07) is 2.28. The topological polar surface area (TPSA) is 29.9 Å². The normalized spacial score (nSPS) is 23.4. The van der Waals surface area contributed by atoms with Gasteiger partial charge in [0.1, 0.15) is 0 Å². The quantitative estimate of drug-likeness (QED) is 0.885. The van der Waals surface area contributed by atoms with Crippen LogP contribution in [0.5, 0.6) is 0 Å². The fraction of sp³-hybridized carbons (Fsp3) is 0.812. The maximum atomic E-state index is 4.55. The number of nitrogens with one attached hydrogen (secondary N) is 1. The van der Waals surface area contributed by atoms with Crippen molar-refractivity contribution in [3.8, 4) is 0 Å². The molecule has 1 aliphatic rings. The third-order valence-electron chi connectivity index (χ3n) is 4.33. The van der Waals surface area contributed by atoms with Crippen LogP contribution >= 0.6 is 0 Å². The van der Waals surface area contributed by atoms with Crippen LogP contribution in [-0.2, 0) is 19.9 Å². The summed E-state index contributed by atoms with van der Waals surface area (Å²) in [6.45, 7) is 10.1. The number of hydrogen-bond acceptors (Lipinski definition) is 2. The molecule has 0 bridgehead atoms. The second-order valence-electron chi connectivity index (χ2n) is 7.04. The second-order valence-corrected chi connectivity index (χ2v) is 7.04. The molecular formula is C16H29N3. The zero-order chi connectivity index (χ0) is 14.0. The minimum atomic E-state index is 0.238. The molecule has 0 aromatic carbocycles. The van der Waals surface area contributed by atoms with Crippen molar-refractivity contribution in [2.75, 3.05) is 6.54 Å². The molecule has 19 heavy (non-hydrogen) atoms. The number of aromatic nitrogens is 2. The van der Waals surface area contributed by atoms with Crippen LogP contribution in [0, 0.1) is 11.8 Å². The average molecular weight is 263 g/mol. The van der Waals surface area contributed by atoms with Gasteiger partial charge >= 0.3 is 0 Å². The van der Waals surface area contributed by atoms with E-state index in [4.69, 9.17) is 0 Å². The predicted octanol–water partition coefficient (Wildman–Crippen LogP) is 2.94. The Balaban J connectivity index is 1.87. The van der Waals surface area contributed by atoms with E-state index in [9.17, 15) is 0 Å². The minimum absolute atomic E-state index is 0.238. The standard InChI is InChI=1S/C16H29N3/c1-6-14-10-15(19(5)18-14)9-12-7-8-13(12)11-17-16(2,3)4/h10,12-13,17H,6-9,11H2,1-5H3. The lowest BCUT2D eigenvalue weighted by Crippen LogP contribution is -2.44. The summed E-state index contributed by atoms with van der Waals surface area (Å²) in [7, 11) is 2.08. The van der Waals surface area contributed by atoms with Gasteiger partial charge in [-0.25, -0.2) is 0 Å². The Morgan fingerprint density at radius 3 is 2.47 bits per heavy atom. The Kier molecular flexibility index (Phi) is 4.34. The molecule has 1 saturated carbocycles. The summed E-state index contributed by atoms with van der Waals surface area (Å²) in [5.41, 5.74) is 2.87. The van der Waals surface area contributed by atoms with Gasteiger partial charge in [-0.05, 0) is 70.9 Å². The number of hydrogen-bond donors (Lipinski definition) is 1. The van der Waals surface area contributed by atoms with E-state index in [1.54, 1.807) is 0 Å². The third kappa shape index (κ3) is 3.82. The van der Waals surface area contributed by atoms with Crippen LogP contribution in [0.4, 0.5) is 0 Å². The highest BCUT2D eigenvalue weighted by molar-refractivity contribution is 5.12. The average Bonchev–Trinajstić information content (AvgIpc) is 2.64. The van der Waals surface area contributed by atoms with Gasteiger partial charge in [0.05, 0.1) is 5.69 Å². The molecule has 0 spiro atoms. The zero-order valence-electron chi connectivity index (χ0n) is 13.2. The zero-order valence-corrected chi connectivity index (χ0v) is 13.2. The molecule has 2 unspecified atom stereocenters. The van der Waals surface area contributed by atoms with Crippen LogP contribution in [0.3, 0.4) is 0 Å². The maximum absolute atomic E-state index is 4.55. The summed E-state index contributed by atoms with van der Waals surface area (Å²) >= 11 is 0. The fourth-order valence-corrected chi connectivity index (χ4v) is 2.82. The van der Waals surface area contributed by atoms with Crippen molar-refractivity contribution in [2.45, 2.75) is 58.9 Å². The Morgan fingerprint density at radius 1 is 1.32 bits per heavy atom. The van der Waals surface area contributed by atoms with Crippen molar-refractivity contribution in [3.63, 3.8) is 0 Å². The van der Waals surface area contributed by atoms with Crippen molar-refractivity contribution in [3.05, 3.63) is 17.5 Å². The van der Waals surface area contributed by atoms with Gasteiger partial charge in [0.2, 0.25) is 0 Å². The monoisotopic (exact) mass is 263 g/mol. The van der Waals surface area contributed by atoms with E-state index in [-0.39, 0.29) is 5.54 Å². The first-order valence-electron chi connectivity index (χ1n) is 7.66. The number of nitrogens with zero attached hydrogens (tertiary/aromatic N) is 2. The molecule has 2 rings (SSSR count). The van der Waals surface area contributed by atoms with Gasteiger partial charge in [-0.1, -0.05) is 6.92 Å². The van der Waals surface area contributed by atoms with E-state index in [0.717, 1.165) is 24.8 Å². The van der Waals surface area contributed by atoms with Crippen molar-refractivity contribution in [1.82, 2.24) is 15.1 Å². The third-order valence-corrected chi connectivity index (χ3v) is 4.33. The Hall–Kier alpha value is -0.830. The summed E-state index contributed by atoms with van der Waals surface area (Å²) in [5.74, 6) is 1.69. The molecule has 0 amide bonds. The first kappa shape index (κ1) is 14.6. The lowest BCUT2D eigenvalue weighted by molar-refractivity contribution is 0.157. The number of aryl methyl sites for hydroxylation is 2. The molecule has 1 aromatic rings. The molecule has 2 atom stereocenters. The SMILES string of the molecule is CCc1cc(CC2CCC2CNC(C)(C)C)n(C)n1. The first-order valence-corrected chi connectivity index (χ1v) is 7.66. The Morgan fingerprint density at radius 2 is 2.00 bits per heavy atom. The van der Waals surface area contributed by atoms with Crippen molar-refractivity contribution in [1.29, 1.82) is 0 Å². The van der Waals surface area contributed by atoms with Gasteiger partial charge in [0.15, 0.2) is 0 Å². The fourth-order valence-electron chi connectivity index (χ4n) is 2.82. The van der Waals surface area contributed by atoms with Crippen LogP contribution in [0.15, 0.2) is 6.07 Å². The lowest BCUT2D eigenvalue weighted by atomic mass is 9.71. The van der Waals surface area contributed by atoms with Gasteiger partial charge in [-0.15, -0.1) is 0 Å². The molecule has 1 heterocycles. The lowest BCUT2D eigenvalue weighted by Gasteiger charge is -2.38. The molecule has 3 nitrogen and oxygen atoms in total. The molecule has 1 aliphatic carbocycles. The molecule has 0 aliphatic heterocycles. The van der Waals surface area contributed by atoms with Crippen LogP contribution in [0.1, 0.15) is 51.9 Å². The molecule has 0 radical (unpaired) electrons. The molecular weight excluding hydrogens is 234 g/mol. The van der Waals surface area contributed by atoms with E-state index >= 15 is 0 Å². The molecule has 3 heteroatoms. The Bertz CT molecular complexity index is 414. The minimum Gasteiger partial charge on any atom is -0.312 e. The van der Waals surface area contributed by atoms with Gasteiger partial charge in [-0.3, -0.25) is 4.68 Å². The van der Waals surface area contributed by atoms with Crippen molar-refractivity contribution < 1.29 is 0 Å². The van der Waals surface area contributed by atoms with Gasteiger partial charge in [-0.2, -0.15) is 5.10 Å². The van der Waals surface area contributed by atoms with Crippen LogP contribution < -0.4 is 5.32 Å². The predicted molar refractivity (Wildman–Crippen MR) is 80.3 cm³/mol. The molecule has 1 fully saturated rings. The maximum Gasteiger partial charge on any atom is 0.0624 e. The van der Waals surface area contributed by atoms with Gasteiger partial charge < -0.3 is 5.32 Å². The Labute approximate surface area is 117 Å². The van der Waals surface area contributed by atoms with Gasteiger partial charge in [0, 0.05) is 18.3 Å².